The van der Waals surface area contributed by atoms with Crippen LogP contribution in [0.2, 0.25) is 0 Å². The minimum absolute atomic E-state index is 0.363. The summed E-state index contributed by atoms with van der Waals surface area (Å²) in [6, 6.07) is 9.72. The second-order valence-corrected chi connectivity index (χ2v) is 6.53. The second-order valence-electron chi connectivity index (χ2n) is 6.53. The third-order valence-electron chi connectivity index (χ3n) is 5.13. The standard InChI is InChI=1S/C17H26N2O/c1-13-3-5-14(6-4-13)17(20)12-19-10-9-15-7-8-16(11-19)18(15)2/h3-6,15-17,20H,7-12H2,1-2H3. The Morgan fingerprint density at radius 2 is 1.85 bits per heavy atom. The predicted octanol–water partition coefficient (Wildman–Crippen LogP) is 2.20. The van der Waals surface area contributed by atoms with Gasteiger partial charge in [-0.3, -0.25) is 9.80 Å². The Bertz CT molecular complexity index is 445. The van der Waals surface area contributed by atoms with Gasteiger partial charge in [-0.1, -0.05) is 29.8 Å². The topological polar surface area (TPSA) is 26.7 Å². The number of aliphatic hydroxyl groups excluding tert-OH is 1. The zero-order valence-corrected chi connectivity index (χ0v) is 12.6. The third kappa shape index (κ3) is 2.90. The molecule has 110 valence electrons. The van der Waals surface area contributed by atoms with Crippen LogP contribution in [0.1, 0.15) is 36.5 Å². The first-order chi connectivity index (χ1) is 9.63. The molecule has 2 saturated heterocycles. The smallest absolute Gasteiger partial charge is 0.0916 e. The van der Waals surface area contributed by atoms with Gasteiger partial charge in [-0.2, -0.15) is 0 Å². The summed E-state index contributed by atoms with van der Waals surface area (Å²) in [7, 11) is 2.27. The molecule has 20 heavy (non-hydrogen) atoms. The Morgan fingerprint density at radius 1 is 1.15 bits per heavy atom. The molecule has 3 unspecified atom stereocenters. The Morgan fingerprint density at radius 3 is 2.60 bits per heavy atom. The van der Waals surface area contributed by atoms with Gasteiger partial charge in [0.05, 0.1) is 6.10 Å². The van der Waals surface area contributed by atoms with Gasteiger partial charge in [-0.25, -0.2) is 0 Å². The third-order valence-corrected chi connectivity index (χ3v) is 5.13. The lowest BCUT2D eigenvalue weighted by Gasteiger charge is -2.27. The number of fused-ring (bicyclic) bond motifs is 2. The number of hydrogen-bond acceptors (Lipinski definition) is 3. The van der Waals surface area contributed by atoms with Crippen LogP contribution in [-0.4, -0.2) is 53.7 Å². The highest BCUT2D eigenvalue weighted by Crippen LogP contribution is 2.29. The highest BCUT2D eigenvalue weighted by Gasteiger charge is 2.34. The van der Waals surface area contributed by atoms with E-state index in [9.17, 15) is 5.11 Å². The number of rotatable bonds is 3. The van der Waals surface area contributed by atoms with Gasteiger partial charge in [0.2, 0.25) is 0 Å². The summed E-state index contributed by atoms with van der Waals surface area (Å²) in [5.74, 6) is 0. The number of likely N-dealkylation sites (tertiary alicyclic amines) is 1. The molecular formula is C17H26N2O. The van der Waals surface area contributed by atoms with Gasteiger partial charge in [0.15, 0.2) is 0 Å². The average Bonchev–Trinajstić information content (AvgIpc) is 2.68. The van der Waals surface area contributed by atoms with Gasteiger partial charge < -0.3 is 5.11 Å². The van der Waals surface area contributed by atoms with Crippen LogP contribution in [0.15, 0.2) is 24.3 Å². The first-order valence-corrected chi connectivity index (χ1v) is 7.82. The Labute approximate surface area is 122 Å². The minimum Gasteiger partial charge on any atom is -0.387 e. The molecule has 0 spiro atoms. The van der Waals surface area contributed by atoms with Crippen molar-refractivity contribution >= 4 is 0 Å². The molecule has 0 aliphatic carbocycles. The summed E-state index contributed by atoms with van der Waals surface area (Å²) in [4.78, 5) is 5.00. The zero-order chi connectivity index (χ0) is 14.1. The molecule has 3 heteroatoms. The molecule has 0 aromatic heterocycles. The number of likely N-dealkylation sites (N-methyl/N-ethyl adjacent to an activating group) is 1. The minimum atomic E-state index is -0.363. The Balaban J connectivity index is 1.61. The first-order valence-electron chi connectivity index (χ1n) is 7.82. The van der Waals surface area contributed by atoms with E-state index in [4.69, 9.17) is 0 Å². The van der Waals surface area contributed by atoms with Crippen LogP contribution in [0.4, 0.5) is 0 Å². The Kier molecular flexibility index (Phi) is 4.11. The average molecular weight is 274 g/mol. The normalized spacial score (nSPS) is 29.4. The molecule has 0 radical (unpaired) electrons. The quantitative estimate of drug-likeness (QED) is 0.915. The summed E-state index contributed by atoms with van der Waals surface area (Å²) in [6.45, 7) is 5.07. The summed E-state index contributed by atoms with van der Waals surface area (Å²) in [5, 5.41) is 10.4. The van der Waals surface area contributed by atoms with Gasteiger partial charge in [0.25, 0.3) is 0 Å². The zero-order valence-electron chi connectivity index (χ0n) is 12.6. The lowest BCUT2D eigenvalue weighted by atomic mass is 10.1. The molecule has 1 aromatic rings. The number of β-amino-alcohol motifs (C(OH)–C–C–N with tert-alkyl or cyclic N) is 1. The number of aliphatic hydroxyl groups is 1. The fourth-order valence-electron chi connectivity index (χ4n) is 3.68. The summed E-state index contributed by atoms with van der Waals surface area (Å²) in [6.07, 6.45) is 3.55. The van der Waals surface area contributed by atoms with E-state index in [-0.39, 0.29) is 6.10 Å². The number of nitrogens with zero attached hydrogens (tertiary/aromatic N) is 2. The largest absolute Gasteiger partial charge is 0.387 e. The van der Waals surface area contributed by atoms with Crippen molar-refractivity contribution in [3.8, 4) is 0 Å². The molecule has 2 aliphatic heterocycles. The van der Waals surface area contributed by atoms with E-state index < -0.39 is 0 Å². The van der Waals surface area contributed by atoms with Gasteiger partial charge in [0, 0.05) is 25.2 Å². The molecule has 2 fully saturated rings. The van der Waals surface area contributed by atoms with Crippen molar-refractivity contribution in [2.75, 3.05) is 26.7 Å². The lowest BCUT2D eigenvalue weighted by Crippen LogP contribution is -2.38. The first kappa shape index (κ1) is 14.1. The van der Waals surface area contributed by atoms with E-state index in [0.717, 1.165) is 31.2 Å². The summed E-state index contributed by atoms with van der Waals surface area (Å²) >= 11 is 0. The van der Waals surface area contributed by atoms with Crippen molar-refractivity contribution in [3.63, 3.8) is 0 Å². The monoisotopic (exact) mass is 274 g/mol. The lowest BCUT2D eigenvalue weighted by molar-refractivity contribution is 0.107. The van der Waals surface area contributed by atoms with E-state index in [1.165, 1.54) is 24.8 Å². The fraction of sp³-hybridized carbons (Fsp3) is 0.647. The molecule has 3 nitrogen and oxygen atoms in total. The molecule has 1 N–H and O–H groups in total. The van der Waals surface area contributed by atoms with Crippen LogP contribution >= 0.6 is 0 Å². The molecule has 3 atom stereocenters. The highest BCUT2D eigenvalue weighted by atomic mass is 16.3. The van der Waals surface area contributed by atoms with E-state index in [1.54, 1.807) is 0 Å². The second kappa shape index (κ2) is 5.84. The van der Waals surface area contributed by atoms with Crippen molar-refractivity contribution in [3.05, 3.63) is 35.4 Å². The van der Waals surface area contributed by atoms with Crippen molar-refractivity contribution in [1.82, 2.24) is 9.80 Å². The molecular weight excluding hydrogens is 248 g/mol. The molecule has 2 heterocycles. The molecule has 0 amide bonds. The van der Waals surface area contributed by atoms with Crippen molar-refractivity contribution in [1.29, 1.82) is 0 Å². The van der Waals surface area contributed by atoms with Crippen LogP contribution in [0.5, 0.6) is 0 Å². The fourth-order valence-corrected chi connectivity index (χ4v) is 3.68. The van der Waals surface area contributed by atoms with Gasteiger partial charge >= 0.3 is 0 Å². The van der Waals surface area contributed by atoms with Crippen LogP contribution in [0.25, 0.3) is 0 Å². The SMILES string of the molecule is Cc1ccc(C(O)CN2CCC3CCC(C2)N3C)cc1. The summed E-state index contributed by atoms with van der Waals surface area (Å²) in [5.41, 5.74) is 2.29. The Hall–Kier alpha value is -0.900. The van der Waals surface area contributed by atoms with Crippen molar-refractivity contribution < 1.29 is 5.11 Å². The maximum Gasteiger partial charge on any atom is 0.0916 e. The number of benzene rings is 1. The van der Waals surface area contributed by atoms with Gasteiger partial charge in [-0.15, -0.1) is 0 Å². The van der Waals surface area contributed by atoms with Crippen LogP contribution < -0.4 is 0 Å². The molecule has 3 rings (SSSR count). The van der Waals surface area contributed by atoms with Gasteiger partial charge in [-0.05, 0) is 45.3 Å². The molecule has 1 aromatic carbocycles. The maximum absolute atomic E-state index is 10.4. The molecule has 0 saturated carbocycles. The number of aryl methyl sites for hydroxylation is 1. The molecule has 2 bridgehead atoms. The van der Waals surface area contributed by atoms with Crippen LogP contribution in [-0.2, 0) is 0 Å². The van der Waals surface area contributed by atoms with Crippen molar-refractivity contribution in [2.45, 2.75) is 44.4 Å². The van der Waals surface area contributed by atoms with E-state index in [2.05, 4.69) is 48.0 Å². The number of hydrogen-bond donors (Lipinski definition) is 1. The predicted molar refractivity (Wildman–Crippen MR) is 81.8 cm³/mol. The van der Waals surface area contributed by atoms with Crippen LogP contribution in [0.3, 0.4) is 0 Å². The maximum atomic E-state index is 10.4. The van der Waals surface area contributed by atoms with E-state index in [1.807, 2.05) is 0 Å². The van der Waals surface area contributed by atoms with Gasteiger partial charge in [0.1, 0.15) is 0 Å². The van der Waals surface area contributed by atoms with E-state index >= 15 is 0 Å². The molecule has 2 aliphatic rings. The highest BCUT2D eigenvalue weighted by molar-refractivity contribution is 5.23. The van der Waals surface area contributed by atoms with E-state index in [0.29, 0.717) is 6.04 Å². The summed E-state index contributed by atoms with van der Waals surface area (Å²) < 4.78 is 0. The van der Waals surface area contributed by atoms with Crippen molar-refractivity contribution in [2.24, 2.45) is 0 Å². The van der Waals surface area contributed by atoms with Crippen LogP contribution in [0, 0.1) is 6.92 Å².